The normalized spacial score (nSPS) is 28.5. The van der Waals surface area contributed by atoms with Crippen molar-refractivity contribution in [3.8, 4) is 22.9 Å². The highest BCUT2D eigenvalue weighted by molar-refractivity contribution is 5.83. The molecule has 0 radical (unpaired) electrons. The predicted octanol–water partition coefficient (Wildman–Crippen LogP) is 4.32. The Bertz CT molecular complexity index is 934. The number of hydrogen-bond acceptors (Lipinski definition) is 6. The molecule has 0 unspecified atom stereocenters. The molecule has 1 amide bonds. The SMILES string of the molecule is CCN(Cc1nc(-c2ccc(OC)c(OC)c2)no1)C(=O)C12CC3CC(CC(C3)C1)C2. The Morgan fingerprint density at radius 3 is 2.32 bits per heavy atom. The molecule has 2 aromatic rings. The van der Waals surface area contributed by atoms with Crippen molar-refractivity contribution in [1.82, 2.24) is 15.0 Å². The zero-order chi connectivity index (χ0) is 21.6. The van der Waals surface area contributed by atoms with Crippen molar-refractivity contribution in [2.75, 3.05) is 20.8 Å². The van der Waals surface area contributed by atoms with Crippen LogP contribution in [-0.2, 0) is 11.3 Å². The van der Waals surface area contributed by atoms with Gasteiger partial charge >= 0.3 is 0 Å². The van der Waals surface area contributed by atoms with E-state index < -0.39 is 0 Å². The van der Waals surface area contributed by atoms with Crippen LogP contribution >= 0.6 is 0 Å². The van der Waals surface area contributed by atoms with Crippen LogP contribution in [0.25, 0.3) is 11.4 Å². The molecule has 1 heterocycles. The van der Waals surface area contributed by atoms with E-state index in [-0.39, 0.29) is 5.41 Å². The minimum atomic E-state index is -0.156. The largest absolute Gasteiger partial charge is 0.493 e. The van der Waals surface area contributed by atoms with Gasteiger partial charge in [-0.2, -0.15) is 4.98 Å². The molecule has 4 bridgehead atoms. The van der Waals surface area contributed by atoms with Crippen LogP contribution in [0.1, 0.15) is 51.3 Å². The van der Waals surface area contributed by atoms with Crippen LogP contribution in [0.4, 0.5) is 0 Å². The maximum Gasteiger partial charge on any atom is 0.246 e. The minimum absolute atomic E-state index is 0.156. The minimum Gasteiger partial charge on any atom is -0.493 e. The summed E-state index contributed by atoms with van der Waals surface area (Å²) in [6.07, 6.45) is 7.18. The zero-order valence-electron chi connectivity index (χ0n) is 18.6. The van der Waals surface area contributed by atoms with Gasteiger partial charge in [-0.15, -0.1) is 0 Å². The molecule has 0 atom stereocenters. The van der Waals surface area contributed by atoms with Gasteiger partial charge in [-0.3, -0.25) is 4.79 Å². The Morgan fingerprint density at radius 2 is 1.74 bits per heavy atom. The summed E-state index contributed by atoms with van der Waals surface area (Å²) in [6.45, 7) is 3.04. The first-order chi connectivity index (χ1) is 15.0. The van der Waals surface area contributed by atoms with Crippen molar-refractivity contribution in [2.45, 2.75) is 52.0 Å². The van der Waals surface area contributed by atoms with Crippen LogP contribution in [0.3, 0.4) is 0 Å². The average molecular weight is 426 g/mol. The second-order valence-electron chi connectivity index (χ2n) is 9.60. The molecule has 7 heteroatoms. The monoisotopic (exact) mass is 425 g/mol. The van der Waals surface area contributed by atoms with E-state index >= 15 is 0 Å². The van der Waals surface area contributed by atoms with Crippen molar-refractivity contribution in [3.05, 3.63) is 24.1 Å². The van der Waals surface area contributed by atoms with E-state index in [1.165, 1.54) is 19.3 Å². The summed E-state index contributed by atoms with van der Waals surface area (Å²) in [5.74, 6) is 4.72. The summed E-state index contributed by atoms with van der Waals surface area (Å²) in [5, 5.41) is 4.14. The van der Waals surface area contributed by atoms with Crippen molar-refractivity contribution >= 4 is 5.91 Å². The molecule has 0 spiro atoms. The highest BCUT2D eigenvalue weighted by atomic mass is 16.5. The maximum atomic E-state index is 13.7. The molecule has 1 aromatic carbocycles. The lowest BCUT2D eigenvalue weighted by Gasteiger charge is -2.56. The third-order valence-electron chi connectivity index (χ3n) is 7.60. The van der Waals surface area contributed by atoms with E-state index in [1.807, 2.05) is 30.0 Å². The summed E-state index contributed by atoms with van der Waals surface area (Å²) >= 11 is 0. The Balaban J connectivity index is 1.33. The molecule has 4 saturated carbocycles. The molecule has 1 aromatic heterocycles. The molecule has 4 fully saturated rings. The van der Waals surface area contributed by atoms with Gasteiger partial charge in [-0.25, -0.2) is 0 Å². The highest BCUT2D eigenvalue weighted by Gasteiger charge is 2.55. The number of amides is 1. The summed E-state index contributed by atoms with van der Waals surface area (Å²) in [6, 6.07) is 5.51. The second-order valence-corrected chi connectivity index (χ2v) is 9.60. The standard InChI is InChI=1S/C24H31N3O4/c1-4-27(23(28)24-11-15-7-16(12-24)9-17(8-15)13-24)14-21-25-22(26-31-21)18-5-6-19(29-2)20(10-18)30-3/h5-6,10,15-17H,4,7-9,11-14H2,1-3H3. The number of carbonyl (C=O) groups is 1. The molecular formula is C24H31N3O4. The van der Waals surface area contributed by atoms with Crippen molar-refractivity contribution in [2.24, 2.45) is 23.2 Å². The number of methoxy groups -OCH3 is 2. The summed E-state index contributed by atoms with van der Waals surface area (Å²) in [4.78, 5) is 20.1. The molecule has 6 rings (SSSR count). The molecule has 7 nitrogen and oxygen atoms in total. The van der Waals surface area contributed by atoms with Gasteiger partial charge in [0.15, 0.2) is 11.5 Å². The molecule has 4 aliphatic carbocycles. The number of hydrogen-bond donors (Lipinski definition) is 0. The first-order valence-electron chi connectivity index (χ1n) is 11.4. The Hall–Kier alpha value is -2.57. The Morgan fingerprint density at radius 1 is 1.10 bits per heavy atom. The average Bonchev–Trinajstić information content (AvgIpc) is 3.24. The number of carbonyl (C=O) groups excluding carboxylic acids is 1. The van der Waals surface area contributed by atoms with Crippen LogP contribution < -0.4 is 9.47 Å². The van der Waals surface area contributed by atoms with Gasteiger partial charge in [0.1, 0.15) is 0 Å². The first-order valence-corrected chi connectivity index (χ1v) is 11.4. The topological polar surface area (TPSA) is 77.7 Å². The van der Waals surface area contributed by atoms with Gasteiger partial charge in [0.25, 0.3) is 0 Å². The number of rotatable bonds is 7. The molecule has 0 saturated heterocycles. The van der Waals surface area contributed by atoms with Crippen LogP contribution in [0, 0.1) is 23.2 Å². The summed E-state index contributed by atoms with van der Waals surface area (Å²) in [7, 11) is 3.20. The summed E-state index contributed by atoms with van der Waals surface area (Å²) in [5.41, 5.74) is 0.625. The van der Waals surface area contributed by atoms with Crippen LogP contribution in [-0.4, -0.2) is 41.7 Å². The van der Waals surface area contributed by atoms with Gasteiger partial charge in [0, 0.05) is 12.1 Å². The smallest absolute Gasteiger partial charge is 0.246 e. The molecule has 0 N–H and O–H groups in total. The number of nitrogens with zero attached hydrogens (tertiary/aromatic N) is 3. The van der Waals surface area contributed by atoms with Gasteiger partial charge < -0.3 is 18.9 Å². The van der Waals surface area contributed by atoms with E-state index in [0.29, 0.717) is 42.2 Å². The molecule has 31 heavy (non-hydrogen) atoms. The van der Waals surface area contributed by atoms with Gasteiger partial charge in [0.2, 0.25) is 17.6 Å². The third kappa shape index (κ3) is 3.58. The fourth-order valence-corrected chi connectivity index (χ4v) is 6.61. The van der Waals surface area contributed by atoms with Gasteiger partial charge in [0.05, 0.1) is 26.2 Å². The van der Waals surface area contributed by atoms with Crippen molar-refractivity contribution in [3.63, 3.8) is 0 Å². The second kappa shape index (κ2) is 7.84. The maximum absolute atomic E-state index is 13.7. The van der Waals surface area contributed by atoms with E-state index in [4.69, 9.17) is 14.0 Å². The molecule has 0 aliphatic heterocycles. The van der Waals surface area contributed by atoms with Gasteiger partial charge in [-0.05, 0) is 81.4 Å². The number of benzene rings is 1. The fourth-order valence-electron chi connectivity index (χ4n) is 6.61. The number of ether oxygens (including phenoxy) is 2. The lowest BCUT2D eigenvalue weighted by Crippen LogP contribution is -2.54. The van der Waals surface area contributed by atoms with E-state index in [9.17, 15) is 4.79 Å². The highest BCUT2D eigenvalue weighted by Crippen LogP contribution is 2.60. The van der Waals surface area contributed by atoms with Crippen LogP contribution in [0.15, 0.2) is 22.7 Å². The van der Waals surface area contributed by atoms with Gasteiger partial charge in [-0.1, -0.05) is 5.16 Å². The Labute approximate surface area is 183 Å². The van der Waals surface area contributed by atoms with Crippen LogP contribution in [0.2, 0.25) is 0 Å². The van der Waals surface area contributed by atoms with E-state index in [2.05, 4.69) is 10.1 Å². The zero-order valence-corrected chi connectivity index (χ0v) is 18.6. The van der Waals surface area contributed by atoms with E-state index in [0.717, 1.165) is 42.6 Å². The summed E-state index contributed by atoms with van der Waals surface area (Å²) < 4.78 is 16.2. The molecule has 166 valence electrons. The lowest BCUT2D eigenvalue weighted by atomic mass is 9.49. The fraction of sp³-hybridized carbons (Fsp3) is 0.625. The Kier molecular flexibility index (Phi) is 5.15. The first kappa shape index (κ1) is 20.3. The molecule has 4 aliphatic rings. The quantitative estimate of drug-likeness (QED) is 0.657. The van der Waals surface area contributed by atoms with Crippen molar-refractivity contribution in [1.29, 1.82) is 0 Å². The molecular weight excluding hydrogens is 394 g/mol. The van der Waals surface area contributed by atoms with Crippen molar-refractivity contribution < 1.29 is 18.8 Å². The van der Waals surface area contributed by atoms with E-state index in [1.54, 1.807) is 14.2 Å². The predicted molar refractivity (Wildman–Crippen MR) is 115 cm³/mol. The van der Waals surface area contributed by atoms with Crippen LogP contribution in [0.5, 0.6) is 11.5 Å². The third-order valence-corrected chi connectivity index (χ3v) is 7.60. The lowest BCUT2D eigenvalue weighted by molar-refractivity contribution is -0.158. The number of aromatic nitrogens is 2.